The van der Waals surface area contributed by atoms with E-state index < -0.39 is 5.97 Å². The van der Waals surface area contributed by atoms with Crippen molar-refractivity contribution in [3.8, 4) is 11.5 Å². The average Bonchev–Trinajstić information content (AvgIpc) is 2.48. The maximum Gasteiger partial charge on any atom is 0.354 e. The Balaban J connectivity index is 2.29. The van der Waals surface area contributed by atoms with Gasteiger partial charge < -0.3 is 19.9 Å². The van der Waals surface area contributed by atoms with Gasteiger partial charge >= 0.3 is 5.97 Å². The van der Waals surface area contributed by atoms with Gasteiger partial charge in [-0.05, 0) is 24.3 Å². The molecule has 0 spiro atoms. The van der Waals surface area contributed by atoms with Crippen molar-refractivity contribution in [2.45, 2.75) is 0 Å². The molecule has 2 N–H and O–H groups in total. The molecule has 0 aliphatic carbocycles. The number of ether oxygens (including phenoxy) is 2. The van der Waals surface area contributed by atoms with Crippen LogP contribution in [0.5, 0.6) is 11.5 Å². The predicted molar refractivity (Wildman–Crippen MR) is 74.0 cm³/mol. The van der Waals surface area contributed by atoms with Crippen molar-refractivity contribution in [3.05, 3.63) is 42.1 Å². The number of rotatable bonds is 5. The maximum absolute atomic E-state index is 10.9. The molecule has 6 nitrogen and oxygen atoms in total. The minimum absolute atomic E-state index is 0.0255. The number of benzene rings is 1. The highest BCUT2D eigenvalue weighted by Crippen LogP contribution is 2.30. The standard InChI is InChI=1S/C14H14N2O4/c1-19-9-6-7-10(12(8-9)20-2)15-13-5-3-4-11(16-13)14(17)18/h3-8H,1-2H3,(H,15,16)(H,17,18). The van der Waals surface area contributed by atoms with Gasteiger partial charge in [0.15, 0.2) is 5.69 Å². The van der Waals surface area contributed by atoms with Gasteiger partial charge in [0.05, 0.1) is 19.9 Å². The Labute approximate surface area is 116 Å². The fourth-order valence-corrected chi connectivity index (χ4v) is 1.66. The number of carboxylic acid groups (broad SMARTS) is 1. The Morgan fingerprint density at radius 1 is 1.20 bits per heavy atom. The van der Waals surface area contributed by atoms with Crippen molar-refractivity contribution >= 4 is 17.5 Å². The van der Waals surface area contributed by atoms with E-state index in [1.54, 1.807) is 44.6 Å². The quantitative estimate of drug-likeness (QED) is 0.872. The second kappa shape index (κ2) is 5.92. The highest BCUT2D eigenvalue weighted by atomic mass is 16.5. The third kappa shape index (κ3) is 2.97. The van der Waals surface area contributed by atoms with Crippen LogP contribution in [0.2, 0.25) is 0 Å². The first kappa shape index (κ1) is 13.7. The van der Waals surface area contributed by atoms with Gasteiger partial charge in [0.25, 0.3) is 0 Å². The third-order valence-corrected chi connectivity index (χ3v) is 2.64. The summed E-state index contributed by atoms with van der Waals surface area (Å²) in [5, 5.41) is 11.9. The number of nitrogens with one attached hydrogen (secondary N) is 1. The number of carboxylic acids is 1. The lowest BCUT2D eigenvalue weighted by atomic mass is 10.2. The summed E-state index contributed by atoms with van der Waals surface area (Å²) in [6.45, 7) is 0. The zero-order valence-electron chi connectivity index (χ0n) is 11.1. The number of aromatic carboxylic acids is 1. The van der Waals surface area contributed by atoms with Crippen molar-refractivity contribution in [2.24, 2.45) is 0 Å². The average molecular weight is 274 g/mol. The molecule has 2 aromatic rings. The van der Waals surface area contributed by atoms with Gasteiger partial charge in [-0.1, -0.05) is 6.07 Å². The number of methoxy groups -OCH3 is 2. The monoisotopic (exact) mass is 274 g/mol. The molecule has 0 unspecified atom stereocenters. The van der Waals surface area contributed by atoms with Crippen LogP contribution in [0.25, 0.3) is 0 Å². The zero-order chi connectivity index (χ0) is 14.5. The van der Waals surface area contributed by atoms with Crippen LogP contribution in [-0.2, 0) is 0 Å². The van der Waals surface area contributed by atoms with E-state index in [1.807, 2.05) is 0 Å². The van der Waals surface area contributed by atoms with Crippen LogP contribution in [0.4, 0.5) is 11.5 Å². The molecule has 0 atom stereocenters. The normalized spacial score (nSPS) is 9.90. The van der Waals surface area contributed by atoms with E-state index in [0.29, 0.717) is 23.0 Å². The van der Waals surface area contributed by atoms with E-state index in [0.717, 1.165) is 0 Å². The molecular weight excluding hydrogens is 260 g/mol. The molecule has 20 heavy (non-hydrogen) atoms. The van der Waals surface area contributed by atoms with Crippen LogP contribution < -0.4 is 14.8 Å². The topological polar surface area (TPSA) is 80.7 Å². The molecule has 0 fully saturated rings. The number of anilines is 2. The van der Waals surface area contributed by atoms with Gasteiger partial charge in [-0.2, -0.15) is 0 Å². The Hall–Kier alpha value is -2.76. The van der Waals surface area contributed by atoms with Crippen LogP contribution in [0, 0.1) is 0 Å². The predicted octanol–water partition coefficient (Wildman–Crippen LogP) is 2.54. The smallest absolute Gasteiger partial charge is 0.354 e. The summed E-state index contributed by atoms with van der Waals surface area (Å²) in [6, 6.07) is 9.99. The van der Waals surface area contributed by atoms with E-state index in [2.05, 4.69) is 10.3 Å². The Kier molecular flexibility index (Phi) is 4.05. The minimum atomic E-state index is -1.07. The fraction of sp³-hybridized carbons (Fsp3) is 0.143. The second-order valence-electron chi connectivity index (χ2n) is 3.90. The van der Waals surface area contributed by atoms with Crippen LogP contribution in [-0.4, -0.2) is 30.3 Å². The van der Waals surface area contributed by atoms with E-state index >= 15 is 0 Å². The number of hydrogen-bond acceptors (Lipinski definition) is 5. The third-order valence-electron chi connectivity index (χ3n) is 2.64. The van der Waals surface area contributed by atoms with E-state index in [4.69, 9.17) is 14.6 Å². The van der Waals surface area contributed by atoms with Gasteiger partial charge in [0, 0.05) is 6.07 Å². The SMILES string of the molecule is COc1ccc(Nc2cccc(C(=O)O)n2)c(OC)c1. The summed E-state index contributed by atoms with van der Waals surface area (Å²) in [5.41, 5.74) is 0.644. The van der Waals surface area contributed by atoms with Crippen molar-refractivity contribution in [1.29, 1.82) is 0 Å². The van der Waals surface area contributed by atoms with Gasteiger partial charge in [0.2, 0.25) is 0 Å². The molecule has 104 valence electrons. The van der Waals surface area contributed by atoms with Crippen LogP contribution >= 0.6 is 0 Å². The summed E-state index contributed by atoms with van der Waals surface area (Å²) in [7, 11) is 3.11. The Morgan fingerprint density at radius 3 is 2.65 bits per heavy atom. The Bertz CT molecular complexity index is 628. The molecule has 0 aliphatic heterocycles. The highest BCUT2D eigenvalue weighted by molar-refractivity contribution is 5.86. The van der Waals surface area contributed by atoms with Crippen molar-refractivity contribution in [3.63, 3.8) is 0 Å². The zero-order valence-corrected chi connectivity index (χ0v) is 11.1. The van der Waals surface area contributed by atoms with Gasteiger partial charge in [0.1, 0.15) is 17.3 Å². The molecule has 0 saturated carbocycles. The minimum Gasteiger partial charge on any atom is -0.497 e. The van der Waals surface area contributed by atoms with Crippen molar-refractivity contribution < 1.29 is 19.4 Å². The van der Waals surface area contributed by atoms with Crippen LogP contribution in [0.3, 0.4) is 0 Å². The molecule has 0 saturated heterocycles. The van der Waals surface area contributed by atoms with Gasteiger partial charge in [-0.15, -0.1) is 0 Å². The number of carbonyl (C=O) groups is 1. The molecule has 6 heteroatoms. The maximum atomic E-state index is 10.9. The van der Waals surface area contributed by atoms with Crippen molar-refractivity contribution in [1.82, 2.24) is 4.98 Å². The largest absolute Gasteiger partial charge is 0.497 e. The first-order valence-corrected chi connectivity index (χ1v) is 5.83. The molecule has 2 rings (SSSR count). The summed E-state index contributed by atoms with van der Waals surface area (Å²) >= 11 is 0. The number of nitrogens with zero attached hydrogens (tertiary/aromatic N) is 1. The first-order valence-electron chi connectivity index (χ1n) is 5.83. The summed E-state index contributed by atoms with van der Waals surface area (Å²) in [6.07, 6.45) is 0. The number of hydrogen-bond donors (Lipinski definition) is 2. The fourth-order valence-electron chi connectivity index (χ4n) is 1.66. The molecule has 1 aromatic carbocycles. The lowest BCUT2D eigenvalue weighted by Gasteiger charge is -2.12. The highest BCUT2D eigenvalue weighted by Gasteiger charge is 2.08. The molecule has 1 heterocycles. The number of pyridine rings is 1. The molecule has 1 aromatic heterocycles. The van der Waals surface area contributed by atoms with Crippen molar-refractivity contribution in [2.75, 3.05) is 19.5 Å². The van der Waals surface area contributed by atoms with E-state index in [-0.39, 0.29) is 5.69 Å². The molecule has 0 bridgehead atoms. The summed E-state index contributed by atoms with van der Waals surface area (Å²) in [4.78, 5) is 14.9. The molecule has 0 radical (unpaired) electrons. The summed E-state index contributed by atoms with van der Waals surface area (Å²) < 4.78 is 10.4. The first-order chi connectivity index (χ1) is 9.63. The van der Waals surface area contributed by atoms with Gasteiger partial charge in [-0.25, -0.2) is 9.78 Å². The van der Waals surface area contributed by atoms with E-state index in [1.165, 1.54) is 6.07 Å². The second-order valence-corrected chi connectivity index (χ2v) is 3.90. The van der Waals surface area contributed by atoms with Crippen LogP contribution in [0.1, 0.15) is 10.5 Å². The Morgan fingerprint density at radius 2 is 2.00 bits per heavy atom. The van der Waals surface area contributed by atoms with Crippen LogP contribution in [0.15, 0.2) is 36.4 Å². The lowest BCUT2D eigenvalue weighted by Crippen LogP contribution is -2.03. The molecular formula is C14H14N2O4. The van der Waals surface area contributed by atoms with Gasteiger partial charge in [-0.3, -0.25) is 0 Å². The summed E-state index contributed by atoms with van der Waals surface area (Å²) in [5.74, 6) is 0.593. The lowest BCUT2D eigenvalue weighted by molar-refractivity contribution is 0.0690. The molecule has 0 aliphatic rings. The van der Waals surface area contributed by atoms with E-state index in [9.17, 15) is 4.79 Å². The molecule has 0 amide bonds. The number of aromatic nitrogens is 1.